The minimum atomic E-state index is -4.43. The molecule has 1 atom stereocenters. The number of unbranched alkanes of at least 4 members (excludes halogenated alkanes) is 12. The van der Waals surface area contributed by atoms with Gasteiger partial charge in [0.25, 0.3) is 0 Å². The van der Waals surface area contributed by atoms with Gasteiger partial charge in [-0.25, -0.2) is 0 Å². The van der Waals surface area contributed by atoms with Crippen LogP contribution in [0.4, 0.5) is 0 Å². The van der Waals surface area contributed by atoms with E-state index in [0.717, 1.165) is 25.7 Å². The van der Waals surface area contributed by atoms with Crippen molar-refractivity contribution in [3.8, 4) is 0 Å². The lowest BCUT2D eigenvalue weighted by atomic mass is 10.1. The number of aliphatic hydroxyl groups is 1. The van der Waals surface area contributed by atoms with E-state index in [4.69, 9.17) is 9.84 Å². The molecule has 1 unspecified atom stereocenters. The van der Waals surface area contributed by atoms with E-state index in [0.29, 0.717) is 6.42 Å². The Kier molecular flexibility index (Phi) is 18.4. The zero-order valence-electron chi connectivity index (χ0n) is 17.6. The zero-order chi connectivity index (χ0) is 21.1. The largest absolute Gasteiger partial charge is 0.443 e. The van der Waals surface area contributed by atoms with E-state index >= 15 is 0 Å². The Hall–Kier alpha value is -0.360. The van der Waals surface area contributed by atoms with Crippen molar-refractivity contribution < 1.29 is 29.3 Å². The molecule has 0 heterocycles. The van der Waals surface area contributed by atoms with E-state index in [-0.39, 0.29) is 6.61 Å². The van der Waals surface area contributed by atoms with Crippen LogP contribution in [0.2, 0.25) is 0 Å². The smallest absolute Gasteiger partial charge is 0.388 e. The van der Waals surface area contributed by atoms with Crippen LogP contribution in [0.1, 0.15) is 96.8 Å². The molecule has 0 radical (unpaired) electrons. The van der Waals surface area contributed by atoms with Gasteiger partial charge in [0.2, 0.25) is 5.78 Å². The molecule has 0 rings (SSSR count). The maximum atomic E-state index is 11.3. The van der Waals surface area contributed by atoms with Gasteiger partial charge in [0.1, 0.15) is 6.61 Å². The number of allylic oxidation sites excluding steroid dienone is 2. The first-order valence-corrected chi connectivity index (χ1v) is 12.6. The summed E-state index contributed by atoms with van der Waals surface area (Å²) in [5, 5.41) is 8.76. The summed E-state index contributed by atoms with van der Waals surface area (Å²) in [5.74, 6) is -2.63. The molecule has 0 aliphatic carbocycles. The average molecular weight is 422 g/mol. The normalized spacial score (nSPS) is 13.3. The molecule has 0 fully saturated rings. The first kappa shape index (κ1) is 27.6. The molecule has 0 aliphatic heterocycles. The molecule has 0 amide bonds. The van der Waals surface area contributed by atoms with Crippen LogP contribution in [0.15, 0.2) is 12.2 Å². The van der Waals surface area contributed by atoms with Crippen molar-refractivity contribution in [2.45, 2.75) is 103 Å². The summed E-state index contributed by atoms with van der Waals surface area (Å²) in [4.78, 5) is 38.8. The van der Waals surface area contributed by atoms with E-state index in [9.17, 15) is 19.5 Å². The van der Waals surface area contributed by atoms with Crippen molar-refractivity contribution >= 4 is 13.7 Å². The number of hydrogen-bond acceptors (Lipinski definition) is 6. The van der Waals surface area contributed by atoms with E-state index in [1.54, 1.807) is 0 Å². The maximum Gasteiger partial charge on any atom is 0.443 e. The average Bonchev–Trinajstić information content (AvgIpc) is 2.65. The molecule has 166 valence electrons. The fourth-order valence-corrected chi connectivity index (χ4v) is 3.78. The molecular weight excluding hydrogens is 379 g/mol. The van der Waals surface area contributed by atoms with Crippen LogP contribution < -0.4 is 0 Å². The topological polar surface area (TPSA) is 107 Å². The third kappa shape index (κ3) is 16.6. The molecule has 7 heteroatoms. The number of aliphatic hydroxyl groups excluding tert-OH is 1. The number of ether oxygens (including phenoxy) is 1. The molecule has 28 heavy (non-hydrogen) atoms. The lowest BCUT2D eigenvalue weighted by molar-refractivity contribution is -0.129. The van der Waals surface area contributed by atoms with Crippen LogP contribution in [0.3, 0.4) is 0 Å². The van der Waals surface area contributed by atoms with Crippen LogP contribution in [-0.4, -0.2) is 44.6 Å². The van der Waals surface area contributed by atoms with Gasteiger partial charge in [-0.15, -0.1) is 0 Å². The Balaban J connectivity index is 3.46. The molecule has 0 spiro atoms. The number of carbonyl (C=O) groups is 1. The summed E-state index contributed by atoms with van der Waals surface area (Å²) in [6, 6.07) is 0. The molecular formula is C21H42O6P+. The molecule has 6 nitrogen and oxygen atoms in total. The molecule has 0 aromatic carbocycles. The molecule has 0 saturated heterocycles. The standard InChI is InChI=1S/C21H42O6P/c1-2-3-4-5-6-7-8-9-10-11-12-13-14-15-16-17-18-27-21(20(23)19-22)28(24,25)26/h9-10,21-22,24-26H,2-8,11-19H2,1H3/q+1. The van der Waals surface area contributed by atoms with Gasteiger partial charge in [0, 0.05) is 0 Å². The number of rotatable bonds is 20. The second-order valence-electron chi connectivity index (χ2n) is 7.40. The van der Waals surface area contributed by atoms with Crippen molar-refractivity contribution in [2.75, 3.05) is 13.2 Å². The van der Waals surface area contributed by atoms with Crippen LogP contribution in [0.5, 0.6) is 0 Å². The summed E-state index contributed by atoms with van der Waals surface area (Å²) in [5.41, 5.74) is 0. The Bertz CT molecular complexity index is 395. The number of Topliss-reactive ketones (excluding diaryl/α,β-unsaturated/α-hetero) is 1. The predicted molar refractivity (Wildman–Crippen MR) is 115 cm³/mol. The summed E-state index contributed by atoms with van der Waals surface area (Å²) in [6.07, 6.45) is 21.2. The zero-order valence-corrected chi connectivity index (χ0v) is 18.5. The first-order chi connectivity index (χ1) is 13.4. The Labute approximate surface area is 171 Å². The van der Waals surface area contributed by atoms with E-state index in [1.165, 1.54) is 57.8 Å². The fraction of sp³-hybridized carbons (Fsp3) is 0.857. The van der Waals surface area contributed by atoms with Gasteiger partial charge in [0.05, 0.1) is 6.61 Å². The first-order valence-electron chi connectivity index (χ1n) is 10.9. The Morgan fingerprint density at radius 2 is 1.29 bits per heavy atom. The third-order valence-corrected chi connectivity index (χ3v) is 5.74. The molecule has 0 bridgehead atoms. The van der Waals surface area contributed by atoms with Crippen LogP contribution in [0.25, 0.3) is 0 Å². The highest BCUT2D eigenvalue weighted by Gasteiger charge is 2.48. The van der Waals surface area contributed by atoms with E-state index < -0.39 is 26.2 Å². The number of ketones is 1. The van der Waals surface area contributed by atoms with Gasteiger partial charge in [-0.3, -0.25) is 4.79 Å². The Morgan fingerprint density at radius 3 is 1.75 bits per heavy atom. The monoisotopic (exact) mass is 421 g/mol. The highest BCUT2D eigenvalue weighted by Crippen LogP contribution is 2.51. The summed E-state index contributed by atoms with van der Waals surface area (Å²) < 4.78 is 5.06. The second-order valence-corrected chi connectivity index (χ2v) is 9.10. The number of hydrogen-bond donors (Lipinski definition) is 4. The van der Waals surface area contributed by atoms with Crippen molar-refractivity contribution in [1.82, 2.24) is 0 Å². The molecule has 0 aromatic heterocycles. The molecule has 0 saturated carbocycles. The van der Waals surface area contributed by atoms with Crippen molar-refractivity contribution in [3.05, 3.63) is 12.2 Å². The lowest BCUT2D eigenvalue weighted by Crippen LogP contribution is -2.30. The second kappa shape index (κ2) is 18.7. The van der Waals surface area contributed by atoms with Gasteiger partial charge in [0.15, 0.2) is 0 Å². The van der Waals surface area contributed by atoms with Crippen molar-refractivity contribution in [2.24, 2.45) is 0 Å². The summed E-state index contributed by atoms with van der Waals surface area (Å²) in [6.45, 7) is 1.51. The van der Waals surface area contributed by atoms with Gasteiger partial charge in [-0.1, -0.05) is 76.9 Å². The highest BCUT2D eigenvalue weighted by molar-refractivity contribution is 7.60. The molecule has 0 aromatic rings. The third-order valence-electron chi connectivity index (χ3n) is 4.68. The highest BCUT2D eigenvalue weighted by atomic mass is 31.2. The minimum Gasteiger partial charge on any atom is -0.388 e. The molecule has 0 aliphatic rings. The van der Waals surface area contributed by atoms with E-state index in [2.05, 4.69) is 19.1 Å². The maximum absolute atomic E-state index is 11.3. The molecule has 4 N–H and O–H groups in total. The van der Waals surface area contributed by atoms with Crippen molar-refractivity contribution in [1.29, 1.82) is 0 Å². The van der Waals surface area contributed by atoms with E-state index in [1.807, 2.05) is 0 Å². The summed E-state index contributed by atoms with van der Waals surface area (Å²) in [7, 11) is -4.43. The van der Waals surface area contributed by atoms with Crippen LogP contribution in [-0.2, 0) is 9.53 Å². The van der Waals surface area contributed by atoms with Crippen molar-refractivity contribution in [3.63, 3.8) is 0 Å². The predicted octanol–water partition coefficient (Wildman–Crippen LogP) is 4.67. The van der Waals surface area contributed by atoms with Gasteiger partial charge < -0.3 is 9.84 Å². The quantitative estimate of drug-likeness (QED) is 0.129. The van der Waals surface area contributed by atoms with Gasteiger partial charge in [-0.05, 0) is 32.1 Å². The minimum absolute atomic E-state index is 0.154. The van der Waals surface area contributed by atoms with Gasteiger partial charge in [-0.2, -0.15) is 14.7 Å². The van der Waals surface area contributed by atoms with Crippen LogP contribution in [0, 0.1) is 0 Å². The summed E-state index contributed by atoms with van der Waals surface area (Å²) >= 11 is 0. The fourth-order valence-electron chi connectivity index (χ4n) is 3.01. The van der Waals surface area contributed by atoms with Gasteiger partial charge >= 0.3 is 13.8 Å². The van der Waals surface area contributed by atoms with Crippen LogP contribution >= 0.6 is 7.94 Å². The SMILES string of the molecule is CCCCCCCCC=CCCCCCCCCOC(C(=O)CO)[P+](O)(O)O. The Morgan fingerprint density at radius 1 is 0.821 bits per heavy atom. The lowest BCUT2D eigenvalue weighted by Gasteiger charge is -2.15. The number of carbonyl (C=O) groups excluding carboxylic acids is 1.